The van der Waals surface area contributed by atoms with Crippen molar-refractivity contribution in [2.24, 2.45) is 7.05 Å². The summed E-state index contributed by atoms with van der Waals surface area (Å²) in [7, 11) is 1.77. The summed E-state index contributed by atoms with van der Waals surface area (Å²) >= 11 is 7.52. The number of imide groups is 1. The number of halogens is 2. The van der Waals surface area contributed by atoms with E-state index in [0.717, 1.165) is 4.90 Å². The zero-order valence-corrected chi connectivity index (χ0v) is 18.8. The summed E-state index contributed by atoms with van der Waals surface area (Å²) in [6.45, 7) is 0.149. The van der Waals surface area contributed by atoms with Crippen molar-refractivity contribution in [2.75, 3.05) is 11.4 Å². The van der Waals surface area contributed by atoms with Gasteiger partial charge in [-0.25, -0.2) is 19.1 Å². The highest BCUT2D eigenvalue weighted by Gasteiger charge is 2.50. The lowest BCUT2D eigenvalue weighted by Gasteiger charge is -2.40. The molecule has 2 aliphatic heterocycles. The highest BCUT2D eigenvalue weighted by molar-refractivity contribution is 8.09. The van der Waals surface area contributed by atoms with Crippen LogP contribution in [-0.2, 0) is 11.8 Å². The predicted molar refractivity (Wildman–Crippen MR) is 123 cm³/mol. The van der Waals surface area contributed by atoms with Crippen LogP contribution >= 0.6 is 23.4 Å². The first-order valence-electron chi connectivity index (χ1n) is 10.0. The predicted octanol–water partition coefficient (Wildman–Crippen LogP) is 3.97. The zero-order chi connectivity index (χ0) is 23.3. The van der Waals surface area contributed by atoms with Crippen LogP contribution in [0.3, 0.4) is 0 Å². The fraction of sp³-hybridized carbons (Fsp3) is 0.227. The van der Waals surface area contributed by atoms with Gasteiger partial charge in [0, 0.05) is 24.1 Å². The Balaban J connectivity index is 1.59. The average Bonchev–Trinajstić information content (AvgIpc) is 3.39. The number of aromatic nitrogens is 3. The molecule has 1 aromatic carbocycles. The van der Waals surface area contributed by atoms with E-state index in [-0.39, 0.29) is 18.0 Å². The van der Waals surface area contributed by atoms with Gasteiger partial charge in [0.15, 0.2) is 0 Å². The van der Waals surface area contributed by atoms with Crippen LogP contribution in [0, 0.1) is 17.1 Å². The second kappa shape index (κ2) is 8.17. The number of nitriles is 1. The molecule has 3 aromatic rings. The number of benzene rings is 1. The van der Waals surface area contributed by atoms with E-state index in [1.165, 1.54) is 35.0 Å². The number of amides is 3. The molecule has 0 saturated carbocycles. The number of nitrogens with zero attached hydrogens (tertiary/aromatic N) is 6. The minimum atomic E-state index is -0.652. The van der Waals surface area contributed by atoms with Crippen molar-refractivity contribution in [3.05, 3.63) is 59.4 Å². The standard InChI is InChI=1S/C22H16ClFN6O2S/c1-28-11-27-15-9-26-10-17(19(15)28)30-21(31)20-16(29(22(30)32)6-2-5-25)8-18(33-20)13-4-3-12(24)7-14(13)23/h3-4,7-11,16,20H,2,6H2,1H3. The molecule has 2 unspecified atom stereocenters. The maximum Gasteiger partial charge on any atom is 0.332 e. The second-order valence-corrected chi connectivity index (χ2v) is 9.21. The Kier molecular flexibility index (Phi) is 5.31. The Hall–Kier alpha value is -3.42. The number of urea groups is 1. The number of imidazole rings is 1. The van der Waals surface area contributed by atoms with Gasteiger partial charge < -0.3 is 9.47 Å². The second-order valence-electron chi connectivity index (χ2n) is 7.62. The number of hydrogen-bond acceptors (Lipinski definition) is 6. The van der Waals surface area contributed by atoms with Gasteiger partial charge in [-0.15, -0.1) is 11.8 Å². The van der Waals surface area contributed by atoms with Crippen molar-refractivity contribution < 1.29 is 14.0 Å². The molecule has 0 aliphatic carbocycles. The van der Waals surface area contributed by atoms with Gasteiger partial charge in [-0.3, -0.25) is 9.78 Å². The van der Waals surface area contributed by atoms with Gasteiger partial charge in [-0.1, -0.05) is 11.6 Å². The monoisotopic (exact) mass is 482 g/mol. The lowest BCUT2D eigenvalue weighted by Crippen LogP contribution is -2.62. The lowest BCUT2D eigenvalue weighted by atomic mass is 10.0. The quantitative estimate of drug-likeness (QED) is 0.558. The van der Waals surface area contributed by atoms with Crippen molar-refractivity contribution in [3.63, 3.8) is 0 Å². The van der Waals surface area contributed by atoms with E-state index >= 15 is 0 Å². The van der Waals surface area contributed by atoms with Crippen molar-refractivity contribution in [1.82, 2.24) is 19.4 Å². The fourth-order valence-electron chi connectivity index (χ4n) is 4.15. The Bertz CT molecular complexity index is 1380. The summed E-state index contributed by atoms with van der Waals surface area (Å²) in [4.78, 5) is 38.9. The van der Waals surface area contributed by atoms with Gasteiger partial charge in [-0.2, -0.15) is 5.26 Å². The van der Waals surface area contributed by atoms with Crippen LogP contribution in [0.4, 0.5) is 14.9 Å². The lowest BCUT2D eigenvalue weighted by molar-refractivity contribution is -0.119. The highest BCUT2D eigenvalue weighted by Crippen LogP contribution is 2.47. The SMILES string of the molecule is Cn1cnc2cncc(N3C(=O)C4SC(c5ccc(F)cc5Cl)=CC4N(CCC#N)C3=O)c21. The van der Waals surface area contributed by atoms with Crippen molar-refractivity contribution in [1.29, 1.82) is 5.26 Å². The smallest absolute Gasteiger partial charge is 0.332 e. The van der Waals surface area contributed by atoms with Crippen LogP contribution in [0.5, 0.6) is 0 Å². The molecule has 2 aliphatic rings. The summed E-state index contributed by atoms with van der Waals surface area (Å²) in [5.41, 5.74) is 2.07. The normalized spacial score (nSPS) is 20.2. The molecule has 0 radical (unpaired) electrons. The molecular formula is C22H16ClFN6O2S. The van der Waals surface area contributed by atoms with Gasteiger partial charge in [0.05, 0.1) is 53.5 Å². The molecule has 33 heavy (non-hydrogen) atoms. The van der Waals surface area contributed by atoms with E-state index in [4.69, 9.17) is 16.9 Å². The third-order valence-corrected chi connectivity index (χ3v) is 7.31. The van der Waals surface area contributed by atoms with Crippen LogP contribution in [0.1, 0.15) is 12.0 Å². The van der Waals surface area contributed by atoms with Crippen molar-refractivity contribution >= 4 is 56.9 Å². The molecule has 1 saturated heterocycles. The number of carbonyl (C=O) groups is 2. The van der Waals surface area contributed by atoms with E-state index in [1.54, 1.807) is 36.3 Å². The van der Waals surface area contributed by atoms with Gasteiger partial charge in [0.1, 0.15) is 16.6 Å². The highest BCUT2D eigenvalue weighted by atomic mass is 35.5. The Morgan fingerprint density at radius 1 is 1.30 bits per heavy atom. The molecular weight excluding hydrogens is 467 g/mol. The van der Waals surface area contributed by atoms with E-state index in [2.05, 4.69) is 16.0 Å². The maximum absolute atomic E-state index is 13.6. The number of anilines is 1. The van der Waals surface area contributed by atoms with Crippen molar-refractivity contribution in [2.45, 2.75) is 17.7 Å². The topological polar surface area (TPSA) is 95.1 Å². The Morgan fingerprint density at radius 3 is 2.88 bits per heavy atom. The number of thioether (sulfide) groups is 1. The van der Waals surface area contributed by atoms with Gasteiger partial charge in [0.25, 0.3) is 5.91 Å². The summed E-state index contributed by atoms with van der Waals surface area (Å²) < 4.78 is 15.3. The molecule has 1 fully saturated rings. The molecule has 0 N–H and O–H groups in total. The largest absolute Gasteiger partial charge is 0.332 e. The molecule has 5 rings (SSSR count). The summed E-state index contributed by atoms with van der Waals surface area (Å²) in [5.74, 6) is -0.863. The molecule has 2 aromatic heterocycles. The minimum Gasteiger partial charge on any atom is -0.332 e. The van der Waals surface area contributed by atoms with E-state index < -0.39 is 29.0 Å². The average molecular weight is 483 g/mol. The van der Waals surface area contributed by atoms with Gasteiger partial charge in [-0.05, 0) is 24.3 Å². The summed E-state index contributed by atoms with van der Waals surface area (Å²) in [6, 6.07) is 5.03. The fourth-order valence-corrected chi connectivity index (χ4v) is 5.85. The molecule has 166 valence electrons. The number of pyridine rings is 1. The molecule has 2 atom stereocenters. The van der Waals surface area contributed by atoms with E-state index in [9.17, 15) is 14.0 Å². The zero-order valence-electron chi connectivity index (χ0n) is 17.3. The first-order valence-corrected chi connectivity index (χ1v) is 11.3. The van der Waals surface area contributed by atoms with Crippen molar-refractivity contribution in [3.8, 4) is 6.07 Å². The van der Waals surface area contributed by atoms with Crippen LogP contribution in [0.25, 0.3) is 15.9 Å². The molecule has 8 nitrogen and oxygen atoms in total. The first-order chi connectivity index (χ1) is 15.9. The summed E-state index contributed by atoms with van der Waals surface area (Å²) in [6.07, 6.45) is 6.52. The number of hydrogen-bond donors (Lipinski definition) is 0. The van der Waals surface area contributed by atoms with Crippen LogP contribution in [0.2, 0.25) is 5.02 Å². The number of aryl methyl sites for hydroxylation is 1. The molecule has 0 spiro atoms. The molecule has 4 heterocycles. The Labute approximate surface area is 197 Å². The van der Waals surface area contributed by atoms with E-state index in [0.29, 0.717) is 27.2 Å². The first kappa shape index (κ1) is 21.4. The van der Waals surface area contributed by atoms with Crippen LogP contribution < -0.4 is 4.90 Å². The minimum absolute atomic E-state index is 0.107. The molecule has 3 amide bonds. The van der Waals surface area contributed by atoms with Gasteiger partial charge >= 0.3 is 6.03 Å². The van der Waals surface area contributed by atoms with Crippen LogP contribution in [0.15, 0.2) is 43.0 Å². The number of fused-ring (bicyclic) bond motifs is 2. The number of rotatable bonds is 4. The molecule has 11 heteroatoms. The third kappa shape index (κ3) is 3.44. The summed E-state index contributed by atoms with van der Waals surface area (Å²) in [5, 5.41) is 8.70. The van der Waals surface area contributed by atoms with E-state index in [1.807, 2.05) is 0 Å². The molecule has 0 bridgehead atoms. The third-order valence-electron chi connectivity index (χ3n) is 5.65. The van der Waals surface area contributed by atoms with Gasteiger partial charge in [0.2, 0.25) is 0 Å². The number of carbonyl (C=O) groups excluding carboxylic acids is 2. The maximum atomic E-state index is 13.6. The van der Waals surface area contributed by atoms with Crippen LogP contribution in [-0.4, -0.2) is 49.2 Å². The Morgan fingerprint density at radius 2 is 2.12 bits per heavy atom.